The summed E-state index contributed by atoms with van der Waals surface area (Å²) in [5.41, 5.74) is 7.44. The van der Waals surface area contributed by atoms with Crippen LogP contribution in [0.3, 0.4) is 0 Å². The van der Waals surface area contributed by atoms with Crippen molar-refractivity contribution in [3.8, 4) is 0 Å². The minimum Gasteiger partial charge on any atom is -0.456 e. The maximum Gasteiger partial charge on any atom is 0.354 e. The summed E-state index contributed by atoms with van der Waals surface area (Å²) in [6.45, 7) is 3.81. The molecule has 1 aromatic carbocycles. The van der Waals surface area contributed by atoms with Crippen LogP contribution in [0, 0.1) is 0 Å². The Hall–Kier alpha value is -1.77. The molecule has 0 saturated heterocycles. The molecule has 0 aromatic heterocycles. The summed E-state index contributed by atoms with van der Waals surface area (Å²) >= 11 is 0. The van der Waals surface area contributed by atoms with Crippen molar-refractivity contribution in [3.63, 3.8) is 0 Å². The molecule has 15 heavy (non-hydrogen) atoms. The van der Waals surface area contributed by atoms with Crippen molar-refractivity contribution in [3.05, 3.63) is 47.2 Å². The molecule has 0 unspecified atom stereocenters. The lowest BCUT2D eigenvalue weighted by molar-refractivity contribution is -0.140. The van der Waals surface area contributed by atoms with Gasteiger partial charge in [-0.15, -0.1) is 0 Å². The smallest absolute Gasteiger partial charge is 0.354 e. The normalized spacial score (nSPS) is 9.47. The van der Waals surface area contributed by atoms with Crippen molar-refractivity contribution in [2.24, 2.45) is 5.73 Å². The Labute approximate surface area is 89.5 Å². The van der Waals surface area contributed by atoms with E-state index in [1.807, 2.05) is 30.3 Å². The van der Waals surface area contributed by atoms with Gasteiger partial charge in [0.25, 0.3) is 0 Å². The number of hydrogen-bond acceptors (Lipinski definition) is 3. The average molecular weight is 205 g/mol. The van der Waals surface area contributed by atoms with E-state index in [1.165, 1.54) is 0 Å². The molecule has 0 saturated carbocycles. The lowest BCUT2D eigenvalue weighted by atomic mass is 10.2. The summed E-state index contributed by atoms with van der Waals surface area (Å²) in [5, 5.41) is 0. The number of allylic oxidation sites excluding steroid dienone is 1. The van der Waals surface area contributed by atoms with Gasteiger partial charge in [-0.3, -0.25) is 0 Å². The molecule has 0 aliphatic rings. The molecule has 0 radical (unpaired) electrons. The second kappa shape index (κ2) is 5.20. The van der Waals surface area contributed by atoms with Crippen LogP contribution in [-0.4, -0.2) is 5.97 Å². The predicted molar refractivity (Wildman–Crippen MR) is 58.8 cm³/mol. The lowest BCUT2D eigenvalue weighted by Gasteiger charge is -2.05. The van der Waals surface area contributed by atoms with Crippen LogP contribution >= 0.6 is 0 Å². The fourth-order valence-electron chi connectivity index (χ4n) is 1.00. The van der Waals surface area contributed by atoms with Crippen LogP contribution in [0.5, 0.6) is 0 Å². The highest BCUT2D eigenvalue weighted by Gasteiger charge is 2.07. The minimum absolute atomic E-state index is 0.186. The van der Waals surface area contributed by atoms with Crippen molar-refractivity contribution in [2.75, 3.05) is 0 Å². The summed E-state index contributed by atoms with van der Waals surface area (Å²) in [4.78, 5) is 11.4. The van der Waals surface area contributed by atoms with Crippen LogP contribution in [0.25, 0.3) is 0 Å². The zero-order chi connectivity index (χ0) is 11.3. The predicted octanol–water partition coefficient (Wildman–Crippen LogP) is 1.98. The first-order chi connectivity index (χ1) is 7.11. The topological polar surface area (TPSA) is 52.3 Å². The maximum absolute atomic E-state index is 11.4. The Balaban J connectivity index is 2.52. The van der Waals surface area contributed by atoms with E-state index >= 15 is 0 Å². The van der Waals surface area contributed by atoms with Gasteiger partial charge in [0, 0.05) is 0 Å². The van der Waals surface area contributed by atoms with Crippen molar-refractivity contribution in [1.82, 2.24) is 0 Å². The zero-order valence-corrected chi connectivity index (χ0v) is 8.99. The van der Waals surface area contributed by atoms with Crippen LogP contribution in [0.2, 0.25) is 0 Å². The highest BCUT2D eigenvalue weighted by Crippen LogP contribution is 2.04. The molecule has 1 aromatic rings. The molecule has 3 nitrogen and oxygen atoms in total. The number of benzene rings is 1. The van der Waals surface area contributed by atoms with Gasteiger partial charge in [-0.1, -0.05) is 30.3 Å². The molecule has 0 aliphatic heterocycles. The van der Waals surface area contributed by atoms with Crippen LogP contribution in [-0.2, 0) is 16.1 Å². The molecule has 0 aliphatic carbocycles. The molecule has 0 spiro atoms. The number of carbonyl (C=O) groups excluding carboxylic acids is 1. The van der Waals surface area contributed by atoms with Gasteiger partial charge in [0.1, 0.15) is 12.3 Å². The third-order valence-electron chi connectivity index (χ3n) is 1.97. The van der Waals surface area contributed by atoms with E-state index in [0.717, 1.165) is 11.1 Å². The highest BCUT2D eigenvalue weighted by molar-refractivity contribution is 5.88. The molecular weight excluding hydrogens is 190 g/mol. The van der Waals surface area contributed by atoms with E-state index in [1.54, 1.807) is 13.8 Å². The number of carbonyl (C=O) groups is 1. The van der Waals surface area contributed by atoms with Gasteiger partial charge in [0.15, 0.2) is 0 Å². The van der Waals surface area contributed by atoms with E-state index in [-0.39, 0.29) is 12.3 Å². The van der Waals surface area contributed by atoms with Gasteiger partial charge < -0.3 is 10.5 Å². The average Bonchev–Trinajstić information content (AvgIpc) is 2.26. The second-order valence-electron chi connectivity index (χ2n) is 3.48. The number of rotatable bonds is 3. The van der Waals surface area contributed by atoms with Gasteiger partial charge in [0.2, 0.25) is 0 Å². The second-order valence-corrected chi connectivity index (χ2v) is 3.48. The van der Waals surface area contributed by atoms with E-state index in [2.05, 4.69) is 0 Å². The molecular formula is C12H15NO2. The molecule has 0 bridgehead atoms. The van der Waals surface area contributed by atoms with E-state index in [9.17, 15) is 4.79 Å². The van der Waals surface area contributed by atoms with Crippen molar-refractivity contribution in [1.29, 1.82) is 0 Å². The number of ether oxygens (including phenoxy) is 1. The fourth-order valence-corrected chi connectivity index (χ4v) is 1.00. The monoisotopic (exact) mass is 205 g/mol. The SMILES string of the molecule is CC(C)=C(N)C(=O)OCc1ccccc1. The molecule has 0 fully saturated rings. The molecule has 2 N–H and O–H groups in total. The standard InChI is InChI=1S/C12H15NO2/c1-9(2)11(13)12(14)15-8-10-6-4-3-5-7-10/h3-7H,8,13H2,1-2H3. The Kier molecular flexibility index (Phi) is 3.92. The quantitative estimate of drug-likeness (QED) is 0.606. The molecule has 3 heteroatoms. The molecule has 0 atom stereocenters. The zero-order valence-electron chi connectivity index (χ0n) is 8.99. The van der Waals surface area contributed by atoms with Crippen molar-refractivity contribution < 1.29 is 9.53 Å². The first-order valence-electron chi connectivity index (χ1n) is 4.75. The van der Waals surface area contributed by atoms with Gasteiger partial charge in [-0.05, 0) is 25.0 Å². The Bertz CT molecular complexity index is 364. The molecule has 0 amide bonds. The minimum atomic E-state index is -0.459. The molecule has 1 rings (SSSR count). The summed E-state index contributed by atoms with van der Waals surface area (Å²) in [7, 11) is 0. The maximum atomic E-state index is 11.4. The van der Waals surface area contributed by atoms with Crippen molar-refractivity contribution in [2.45, 2.75) is 20.5 Å². The first-order valence-corrected chi connectivity index (χ1v) is 4.75. The number of esters is 1. The van der Waals surface area contributed by atoms with Crippen LogP contribution in [0.4, 0.5) is 0 Å². The van der Waals surface area contributed by atoms with Crippen molar-refractivity contribution >= 4 is 5.97 Å². The summed E-state index contributed by atoms with van der Waals surface area (Å²) in [6, 6.07) is 9.49. The van der Waals surface area contributed by atoms with E-state index < -0.39 is 5.97 Å². The molecule has 0 heterocycles. The Morgan fingerprint density at radius 2 is 1.87 bits per heavy atom. The van der Waals surface area contributed by atoms with Crippen LogP contribution in [0.1, 0.15) is 19.4 Å². The summed E-state index contributed by atoms with van der Waals surface area (Å²) in [5.74, 6) is -0.459. The van der Waals surface area contributed by atoms with Gasteiger partial charge >= 0.3 is 5.97 Å². The van der Waals surface area contributed by atoms with E-state index in [0.29, 0.717) is 0 Å². The number of hydrogen-bond donors (Lipinski definition) is 1. The Morgan fingerprint density at radius 1 is 1.27 bits per heavy atom. The largest absolute Gasteiger partial charge is 0.456 e. The summed E-state index contributed by atoms with van der Waals surface area (Å²) < 4.78 is 5.03. The van der Waals surface area contributed by atoms with E-state index in [4.69, 9.17) is 10.5 Å². The number of nitrogens with two attached hydrogens (primary N) is 1. The third-order valence-corrected chi connectivity index (χ3v) is 1.97. The van der Waals surface area contributed by atoms with Crippen LogP contribution in [0.15, 0.2) is 41.6 Å². The van der Waals surface area contributed by atoms with Gasteiger partial charge in [0.05, 0.1) is 0 Å². The molecule has 80 valence electrons. The lowest BCUT2D eigenvalue weighted by Crippen LogP contribution is -2.16. The third kappa shape index (κ3) is 3.46. The first kappa shape index (κ1) is 11.3. The highest BCUT2D eigenvalue weighted by atomic mass is 16.5. The Morgan fingerprint density at radius 3 is 2.40 bits per heavy atom. The fraction of sp³-hybridized carbons (Fsp3) is 0.250. The van der Waals surface area contributed by atoms with Gasteiger partial charge in [-0.25, -0.2) is 4.79 Å². The van der Waals surface area contributed by atoms with Gasteiger partial charge in [-0.2, -0.15) is 0 Å². The van der Waals surface area contributed by atoms with Crippen LogP contribution < -0.4 is 5.73 Å². The summed E-state index contributed by atoms with van der Waals surface area (Å²) in [6.07, 6.45) is 0.